The molecule has 2 aromatic rings. The van der Waals surface area contributed by atoms with Crippen LogP contribution in [-0.2, 0) is 4.74 Å². The Hall–Kier alpha value is -2.68. The summed E-state index contributed by atoms with van der Waals surface area (Å²) in [6, 6.07) is 5.30. The molecule has 0 spiro atoms. The quantitative estimate of drug-likeness (QED) is 0.575. The van der Waals surface area contributed by atoms with Crippen molar-refractivity contribution in [2.75, 3.05) is 42.9 Å². The molecule has 2 fully saturated rings. The van der Waals surface area contributed by atoms with Gasteiger partial charge in [-0.25, -0.2) is 4.39 Å². The fourth-order valence-electron chi connectivity index (χ4n) is 4.56. The molecule has 2 aliphatic rings. The largest absolute Gasteiger partial charge is 0.494 e. The molecule has 1 aliphatic heterocycles. The molecule has 1 aliphatic carbocycles. The monoisotopic (exact) mass is 444 g/mol. The Labute approximate surface area is 188 Å². The first-order chi connectivity index (χ1) is 15.7. The third kappa shape index (κ3) is 5.56. The Balaban J connectivity index is 1.61. The topological polar surface area (TPSA) is 84.4 Å². The van der Waals surface area contributed by atoms with Crippen LogP contribution in [0.1, 0.15) is 51.4 Å². The Kier molecular flexibility index (Phi) is 7.57. The second kappa shape index (κ2) is 10.8. The maximum Gasteiger partial charge on any atom is 0.233 e. The van der Waals surface area contributed by atoms with Crippen LogP contribution >= 0.6 is 0 Å². The Bertz CT molecular complexity index is 891. The smallest absolute Gasteiger partial charge is 0.233 e. The zero-order valence-corrected chi connectivity index (χ0v) is 18.9. The number of nitrogens with one attached hydrogen (secondary N) is 2. The van der Waals surface area contributed by atoms with Crippen molar-refractivity contribution in [1.29, 1.82) is 0 Å². The number of aromatic nitrogens is 3. The van der Waals surface area contributed by atoms with Gasteiger partial charge in [0.1, 0.15) is 0 Å². The summed E-state index contributed by atoms with van der Waals surface area (Å²) in [7, 11) is 3.16. The van der Waals surface area contributed by atoms with Crippen molar-refractivity contribution in [2.24, 2.45) is 0 Å². The van der Waals surface area contributed by atoms with Crippen molar-refractivity contribution in [3.05, 3.63) is 24.0 Å². The van der Waals surface area contributed by atoms with Gasteiger partial charge in [-0.15, -0.1) is 0 Å². The highest BCUT2D eigenvalue weighted by atomic mass is 19.1. The van der Waals surface area contributed by atoms with Gasteiger partial charge in [0.25, 0.3) is 0 Å². The number of hydrogen-bond acceptors (Lipinski definition) is 8. The molecular formula is C23H33FN6O2. The minimum Gasteiger partial charge on any atom is -0.494 e. The molecule has 0 radical (unpaired) electrons. The standard InChI is InChI=1S/C23H33FN6O2/c1-31-15-18-10-7-13-30(18)23-28-21(25-16-8-5-3-4-6-9-16)27-22(29-23)26-17-11-12-20(32-2)19(24)14-17/h11-12,14,16,18H,3-10,13,15H2,1-2H3,(H2,25,26,27,28,29)/t18-/m0/s1. The summed E-state index contributed by atoms with van der Waals surface area (Å²) in [5.41, 5.74) is 0.552. The van der Waals surface area contributed by atoms with Crippen molar-refractivity contribution in [3.8, 4) is 5.75 Å². The summed E-state index contributed by atoms with van der Waals surface area (Å²) in [4.78, 5) is 16.2. The third-order valence-corrected chi connectivity index (χ3v) is 6.21. The maximum absolute atomic E-state index is 14.2. The van der Waals surface area contributed by atoms with E-state index in [1.807, 2.05) is 0 Å². The summed E-state index contributed by atoms with van der Waals surface area (Å²) in [5, 5.41) is 6.67. The highest BCUT2D eigenvalue weighted by Crippen LogP contribution is 2.28. The predicted octanol–water partition coefficient (Wildman–Crippen LogP) is 4.51. The van der Waals surface area contributed by atoms with Crippen LogP contribution in [0.5, 0.6) is 5.75 Å². The minimum atomic E-state index is -0.441. The van der Waals surface area contributed by atoms with Gasteiger partial charge < -0.3 is 25.0 Å². The molecule has 2 N–H and O–H groups in total. The predicted molar refractivity (Wildman–Crippen MR) is 123 cm³/mol. The number of halogens is 1. The third-order valence-electron chi connectivity index (χ3n) is 6.21. The molecule has 1 atom stereocenters. The fourth-order valence-corrected chi connectivity index (χ4v) is 4.56. The molecule has 0 amide bonds. The summed E-state index contributed by atoms with van der Waals surface area (Å²) in [6.45, 7) is 1.50. The van der Waals surface area contributed by atoms with Crippen molar-refractivity contribution in [2.45, 2.75) is 63.5 Å². The van der Waals surface area contributed by atoms with Crippen LogP contribution in [0.25, 0.3) is 0 Å². The average Bonchev–Trinajstić information content (AvgIpc) is 3.09. The fraction of sp³-hybridized carbons (Fsp3) is 0.609. The zero-order chi connectivity index (χ0) is 22.3. The second-order valence-electron chi connectivity index (χ2n) is 8.53. The van der Waals surface area contributed by atoms with Crippen molar-refractivity contribution in [1.82, 2.24) is 15.0 Å². The molecule has 32 heavy (non-hydrogen) atoms. The number of methoxy groups -OCH3 is 2. The molecule has 0 bridgehead atoms. The number of rotatable bonds is 8. The molecule has 1 aromatic heterocycles. The zero-order valence-electron chi connectivity index (χ0n) is 18.9. The maximum atomic E-state index is 14.2. The summed E-state index contributed by atoms with van der Waals surface area (Å²) in [6.07, 6.45) is 9.33. The number of hydrogen-bond donors (Lipinski definition) is 2. The van der Waals surface area contributed by atoms with E-state index in [4.69, 9.17) is 14.5 Å². The summed E-state index contributed by atoms with van der Waals surface area (Å²) < 4.78 is 24.6. The Morgan fingerprint density at radius 2 is 1.78 bits per heavy atom. The van der Waals surface area contributed by atoms with Crippen molar-refractivity contribution < 1.29 is 13.9 Å². The van der Waals surface area contributed by atoms with E-state index in [2.05, 4.69) is 25.5 Å². The van der Waals surface area contributed by atoms with Gasteiger partial charge in [-0.3, -0.25) is 0 Å². The van der Waals surface area contributed by atoms with Gasteiger partial charge in [-0.05, 0) is 37.8 Å². The van der Waals surface area contributed by atoms with E-state index in [0.717, 1.165) is 32.2 Å². The van der Waals surface area contributed by atoms with Gasteiger partial charge in [0.2, 0.25) is 17.8 Å². The molecule has 174 valence electrons. The van der Waals surface area contributed by atoms with Crippen LogP contribution in [0.3, 0.4) is 0 Å². The van der Waals surface area contributed by atoms with E-state index in [-0.39, 0.29) is 11.8 Å². The molecule has 2 heterocycles. The van der Waals surface area contributed by atoms with Gasteiger partial charge in [-0.1, -0.05) is 25.7 Å². The SMILES string of the molecule is COC[C@@H]1CCCN1c1nc(Nc2ccc(OC)c(F)c2)nc(NC2CCCCCC2)n1. The molecule has 8 nitrogen and oxygen atoms in total. The number of anilines is 4. The summed E-state index contributed by atoms with van der Waals surface area (Å²) in [5.74, 6) is 1.32. The van der Waals surface area contributed by atoms with Gasteiger partial charge in [-0.2, -0.15) is 15.0 Å². The lowest BCUT2D eigenvalue weighted by molar-refractivity contribution is 0.180. The normalized spacial score (nSPS) is 19.6. The highest BCUT2D eigenvalue weighted by molar-refractivity contribution is 5.57. The van der Waals surface area contributed by atoms with Crippen molar-refractivity contribution in [3.63, 3.8) is 0 Å². The number of ether oxygens (including phenoxy) is 2. The van der Waals surface area contributed by atoms with Crippen LogP contribution in [-0.4, -0.2) is 54.4 Å². The van der Waals surface area contributed by atoms with Crippen LogP contribution < -0.4 is 20.3 Å². The second-order valence-corrected chi connectivity index (χ2v) is 8.53. The van der Waals surface area contributed by atoms with Gasteiger partial charge in [0, 0.05) is 31.5 Å². The van der Waals surface area contributed by atoms with E-state index < -0.39 is 5.82 Å². The van der Waals surface area contributed by atoms with Crippen LogP contribution in [0.15, 0.2) is 18.2 Å². The minimum absolute atomic E-state index is 0.196. The average molecular weight is 445 g/mol. The van der Waals surface area contributed by atoms with Crippen LogP contribution in [0.2, 0.25) is 0 Å². The van der Waals surface area contributed by atoms with E-state index in [9.17, 15) is 4.39 Å². The highest BCUT2D eigenvalue weighted by Gasteiger charge is 2.28. The lowest BCUT2D eigenvalue weighted by Gasteiger charge is -2.25. The van der Waals surface area contributed by atoms with Crippen LogP contribution in [0, 0.1) is 5.82 Å². The lowest BCUT2D eigenvalue weighted by atomic mass is 10.1. The molecule has 1 aromatic carbocycles. The van der Waals surface area contributed by atoms with Crippen LogP contribution in [0.4, 0.5) is 27.9 Å². The molecular weight excluding hydrogens is 411 g/mol. The Morgan fingerprint density at radius 3 is 2.50 bits per heavy atom. The lowest BCUT2D eigenvalue weighted by Crippen LogP contribution is -2.34. The molecule has 9 heteroatoms. The van der Waals surface area contributed by atoms with Gasteiger partial charge >= 0.3 is 0 Å². The van der Waals surface area contributed by atoms with E-state index in [1.54, 1.807) is 19.2 Å². The molecule has 0 unspecified atom stereocenters. The van der Waals surface area contributed by atoms with Gasteiger partial charge in [0.15, 0.2) is 11.6 Å². The van der Waals surface area contributed by atoms with E-state index in [1.165, 1.54) is 38.9 Å². The van der Waals surface area contributed by atoms with E-state index in [0.29, 0.717) is 36.2 Å². The number of nitrogens with zero attached hydrogens (tertiary/aromatic N) is 4. The first kappa shape index (κ1) is 22.5. The molecule has 1 saturated carbocycles. The molecule has 1 saturated heterocycles. The first-order valence-corrected chi connectivity index (χ1v) is 11.5. The van der Waals surface area contributed by atoms with Crippen molar-refractivity contribution >= 4 is 23.5 Å². The first-order valence-electron chi connectivity index (χ1n) is 11.5. The van der Waals surface area contributed by atoms with E-state index >= 15 is 0 Å². The van der Waals surface area contributed by atoms with Gasteiger partial charge in [0.05, 0.1) is 19.8 Å². The number of benzene rings is 1. The summed E-state index contributed by atoms with van der Waals surface area (Å²) >= 11 is 0. The molecule has 4 rings (SSSR count). The Morgan fingerprint density at radius 1 is 1.00 bits per heavy atom.